The van der Waals surface area contributed by atoms with Gasteiger partial charge in [0, 0.05) is 29.7 Å². The summed E-state index contributed by atoms with van der Waals surface area (Å²) in [6.45, 7) is 3.49. The van der Waals surface area contributed by atoms with Crippen molar-refractivity contribution in [3.05, 3.63) is 71.3 Å². The van der Waals surface area contributed by atoms with Gasteiger partial charge in [-0.15, -0.1) is 0 Å². The maximum atomic E-state index is 13.0. The number of hydrogen-bond donors (Lipinski definition) is 1. The first-order valence-corrected chi connectivity index (χ1v) is 9.02. The van der Waals surface area contributed by atoms with Gasteiger partial charge in [0.25, 0.3) is 5.91 Å². The summed E-state index contributed by atoms with van der Waals surface area (Å²) in [6.07, 6.45) is 0. The van der Waals surface area contributed by atoms with Crippen LogP contribution in [0.2, 0.25) is 0 Å². The molecule has 2 N–H and O–H groups in total. The van der Waals surface area contributed by atoms with E-state index in [4.69, 9.17) is 5.73 Å². The molecule has 1 heterocycles. The van der Waals surface area contributed by atoms with Crippen LogP contribution in [0.1, 0.15) is 34.5 Å². The van der Waals surface area contributed by atoms with E-state index in [0.29, 0.717) is 11.8 Å². The Morgan fingerprint density at radius 1 is 1.17 bits per heavy atom. The van der Waals surface area contributed by atoms with Crippen LogP contribution in [0.4, 0.5) is 0 Å². The van der Waals surface area contributed by atoms with Crippen LogP contribution < -0.4 is 5.73 Å². The van der Waals surface area contributed by atoms with Crippen molar-refractivity contribution in [3.8, 4) is 0 Å². The highest BCUT2D eigenvalue weighted by Crippen LogP contribution is 2.36. The molecule has 0 aromatic heterocycles. The predicted octanol–water partition coefficient (Wildman–Crippen LogP) is 3.46. The molecular formula is C19H22N2OS. The van der Waals surface area contributed by atoms with Crippen molar-refractivity contribution in [2.45, 2.75) is 24.8 Å². The molecule has 2 atom stereocenters. The Bertz CT molecular complexity index is 657. The first kappa shape index (κ1) is 16.1. The Morgan fingerprint density at radius 3 is 2.52 bits per heavy atom. The summed E-state index contributed by atoms with van der Waals surface area (Å²) in [6, 6.07) is 18.1. The molecule has 3 rings (SSSR count). The predicted molar refractivity (Wildman–Crippen MR) is 96.5 cm³/mol. The van der Waals surface area contributed by atoms with Gasteiger partial charge >= 0.3 is 0 Å². The van der Waals surface area contributed by atoms with E-state index in [1.807, 2.05) is 59.1 Å². The molecule has 23 heavy (non-hydrogen) atoms. The van der Waals surface area contributed by atoms with Crippen LogP contribution in [-0.4, -0.2) is 28.4 Å². The Hall–Kier alpha value is -1.78. The smallest absolute Gasteiger partial charge is 0.254 e. The van der Waals surface area contributed by atoms with E-state index in [1.165, 1.54) is 5.56 Å². The molecule has 1 fully saturated rings. The Morgan fingerprint density at radius 2 is 1.87 bits per heavy atom. The van der Waals surface area contributed by atoms with E-state index in [-0.39, 0.29) is 11.9 Å². The molecule has 0 saturated carbocycles. The van der Waals surface area contributed by atoms with Gasteiger partial charge in [-0.25, -0.2) is 0 Å². The number of thioether (sulfide) groups is 1. The highest BCUT2D eigenvalue weighted by molar-refractivity contribution is 8.00. The lowest BCUT2D eigenvalue weighted by Crippen LogP contribution is -2.43. The highest BCUT2D eigenvalue weighted by Gasteiger charge is 2.33. The highest BCUT2D eigenvalue weighted by atomic mass is 32.2. The third-order valence-corrected chi connectivity index (χ3v) is 5.53. The molecule has 3 nitrogen and oxygen atoms in total. The first-order chi connectivity index (χ1) is 11.2. The lowest BCUT2D eigenvalue weighted by Gasteiger charge is -2.40. The van der Waals surface area contributed by atoms with Gasteiger partial charge in [0.2, 0.25) is 0 Å². The number of rotatable bonds is 3. The number of nitrogens with zero attached hydrogens (tertiary/aromatic N) is 1. The summed E-state index contributed by atoms with van der Waals surface area (Å²) in [7, 11) is 0. The second-order valence-corrected chi connectivity index (χ2v) is 7.32. The van der Waals surface area contributed by atoms with Crippen molar-refractivity contribution in [3.63, 3.8) is 0 Å². The van der Waals surface area contributed by atoms with E-state index < -0.39 is 0 Å². The van der Waals surface area contributed by atoms with Gasteiger partial charge in [-0.3, -0.25) is 4.79 Å². The molecule has 2 aromatic carbocycles. The molecule has 0 aliphatic carbocycles. The van der Waals surface area contributed by atoms with Gasteiger partial charge in [0.1, 0.15) is 0 Å². The van der Waals surface area contributed by atoms with Gasteiger partial charge in [-0.1, -0.05) is 49.4 Å². The lowest BCUT2D eigenvalue weighted by molar-refractivity contribution is 0.0681. The second kappa shape index (κ2) is 7.20. The zero-order valence-electron chi connectivity index (χ0n) is 13.3. The molecule has 0 radical (unpaired) electrons. The van der Waals surface area contributed by atoms with E-state index in [0.717, 1.165) is 23.4 Å². The molecule has 0 spiro atoms. The summed E-state index contributed by atoms with van der Waals surface area (Å²) in [5.41, 5.74) is 8.63. The largest absolute Gasteiger partial charge is 0.330 e. The van der Waals surface area contributed by atoms with Crippen LogP contribution in [-0.2, 0) is 6.54 Å². The van der Waals surface area contributed by atoms with Crippen LogP contribution >= 0.6 is 11.8 Å². The first-order valence-electron chi connectivity index (χ1n) is 7.97. The minimum atomic E-state index is 0.106. The van der Waals surface area contributed by atoms with Gasteiger partial charge in [0.05, 0.1) is 6.04 Å². The van der Waals surface area contributed by atoms with Crippen LogP contribution in [0, 0.1) is 0 Å². The Balaban J connectivity index is 1.89. The van der Waals surface area contributed by atoms with E-state index in [2.05, 4.69) is 19.1 Å². The van der Waals surface area contributed by atoms with Crippen molar-refractivity contribution < 1.29 is 4.79 Å². The normalized spacial score (nSPS) is 21.2. The fourth-order valence-corrected chi connectivity index (χ4v) is 4.26. The van der Waals surface area contributed by atoms with Gasteiger partial charge in [-0.05, 0) is 23.3 Å². The average molecular weight is 326 g/mol. The van der Waals surface area contributed by atoms with Crippen molar-refractivity contribution in [1.29, 1.82) is 0 Å². The number of carbonyl (C=O) groups excluding carboxylic acids is 1. The number of hydrogen-bond acceptors (Lipinski definition) is 3. The van der Waals surface area contributed by atoms with Gasteiger partial charge in [-0.2, -0.15) is 11.8 Å². The zero-order chi connectivity index (χ0) is 16.2. The maximum absolute atomic E-state index is 13.0. The molecule has 0 bridgehead atoms. The van der Waals surface area contributed by atoms with Crippen molar-refractivity contribution >= 4 is 17.7 Å². The van der Waals surface area contributed by atoms with Crippen LogP contribution in [0.25, 0.3) is 0 Å². The monoisotopic (exact) mass is 326 g/mol. The molecular weight excluding hydrogens is 304 g/mol. The Kier molecular flexibility index (Phi) is 5.03. The van der Waals surface area contributed by atoms with Crippen LogP contribution in [0.3, 0.4) is 0 Å². The average Bonchev–Trinajstić information content (AvgIpc) is 2.61. The van der Waals surface area contributed by atoms with Gasteiger partial charge in [0.15, 0.2) is 0 Å². The topological polar surface area (TPSA) is 46.3 Å². The summed E-state index contributed by atoms with van der Waals surface area (Å²) in [5.74, 6) is 1.09. The van der Waals surface area contributed by atoms with Gasteiger partial charge < -0.3 is 10.6 Å². The fourth-order valence-electron chi connectivity index (χ4n) is 3.10. The number of amides is 1. The third-order valence-electron chi connectivity index (χ3n) is 4.33. The maximum Gasteiger partial charge on any atom is 0.254 e. The van der Waals surface area contributed by atoms with E-state index in [9.17, 15) is 4.79 Å². The molecule has 2 unspecified atom stereocenters. The second-order valence-electron chi connectivity index (χ2n) is 5.83. The fraction of sp³-hybridized carbons (Fsp3) is 0.316. The molecule has 1 saturated heterocycles. The van der Waals surface area contributed by atoms with Crippen molar-refractivity contribution in [2.24, 2.45) is 5.73 Å². The third kappa shape index (κ3) is 3.43. The van der Waals surface area contributed by atoms with E-state index in [1.54, 1.807) is 0 Å². The molecule has 4 heteroatoms. The molecule has 2 aromatic rings. The summed E-state index contributed by atoms with van der Waals surface area (Å²) >= 11 is 1.93. The van der Waals surface area contributed by atoms with Crippen molar-refractivity contribution in [1.82, 2.24) is 4.90 Å². The Labute approximate surface area is 141 Å². The standard InChI is InChI=1S/C19H22N2OS/c1-14-18(16-5-3-2-4-6-16)21(11-12-23-14)19(22)17-9-7-15(13-20)8-10-17/h2-10,14,18H,11-13,20H2,1H3. The molecule has 1 aliphatic heterocycles. The summed E-state index contributed by atoms with van der Waals surface area (Å²) < 4.78 is 0. The molecule has 1 amide bonds. The summed E-state index contributed by atoms with van der Waals surface area (Å²) in [4.78, 5) is 15.0. The number of benzene rings is 2. The van der Waals surface area contributed by atoms with Crippen LogP contribution in [0.5, 0.6) is 0 Å². The van der Waals surface area contributed by atoms with E-state index >= 15 is 0 Å². The number of nitrogens with two attached hydrogens (primary N) is 1. The zero-order valence-corrected chi connectivity index (χ0v) is 14.1. The van der Waals surface area contributed by atoms with Crippen LogP contribution in [0.15, 0.2) is 54.6 Å². The minimum absolute atomic E-state index is 0.106. The summed E-state index contributed by atoms with van der Waals surface area (Å²) in [5, 5.41) is 0.387. The molecule has 120 valence electrons. The lowest BCUT2D eigenvalue weighted by atomic mass is 10.0. The number of carbonyl (C=O) groups is 1. The quantitative estimate of drug-likeness (QED) is 0.939. The SMILES string of the molecule is CC1SCCN(C(=O)c2ccc(CN)cc2)C1c1ccccc1. The minimum Gasteiger partial charge on any atom is -0.330 e. The van der Waals surface area contributed by atoms with Crippen molar-refractivity contribution in [2.75, 3.05) is 12.3 Å². The molecule has 1 aliphatic rings.